The zero-order valence-electron chi connectivity index (χ0n) is 11.4. The van der Waals surface area contributed by atoms with Crippen LogP contribution in [0, 0.1) is 0 Å². The topological polar surface area (TPSA) is 41.1 Å². The Morgan fingerprint density at radius 2 is 1.94 bits per heavy atom. The summed E-state index contributed by atoms with van der Waals surface area (Å²) in [6.45, 7) is 5.57. The number of hydrogen-bond acceptors (Lipinski definition) is 2. The van der Waals surface area contributed by atoms with Gasteiger partial charge in [-0.2, -0.15) is 0 Å². The lowest BCUT2D eigenvalue weighted by Gasteiger charge is -2.16. The summed E-state index contributed by atoms with van der Waals surface area (Å²) in [6, 6.07) is 10.9. The van der Waals surface area contributed by atoms with E-state index in [1.54, 1.807) is 0 Å². The van der Waals surface area contributed by atoms with Crippen LogP contribution in [-0.2, 0) is 11.2 Å². The SMILES string of the molecule is CCNC(=O)CCNC(CC)Cc1ccccc1. The van der Waals surface area contributed by atoms with Crippen molar-refractivity contribution in [2.45, 2.75) is 39.2 Å². The molecule has 2 N–H and O–H groups in total. The molecule has 3 nitrogen and oxygen atoms in total. The van der Waals surface area contributed by atoms with E-state index >= 15 is 0 Å². The molecular formula is C15H24N2O. The minimum absolute atomic E-state index is 0.125. The number of rotatable bonds is 8. The number of benzene rings is 1. The van der Waals surface area contributed by atoms with Crippen LogP contribution >= 0.6 is 0 Å². The molecule has 1 aromatic rings. The van der Waals surface area contributed by atoms with Gasteiger partial charge in [-0.15, -0.1) is 0 Å². The van der Waals surface area contributed by atoms with Crippen molar-refractivity contribution < 1.29 is 4.79 Å². The number of carbonyl (C=O) groups is 1. The molecule has 1 atom stereocenters. The molecule has 0 aliphatic rings. The fraction of sp³-hybridized carbons (Fsp3) is 0.533. The highest BCUT2D eigenvalue weighted by Crippen LogP contribution is 2.05. The van der Waals surface area contributed by atoms with Gasteiger partial charge in [-0.1, -0.05) is 37.3 Å². The molecule has 0 saturated heterocycles. The molecule has 100 valence electrons. The van der Waals surface area contributed by atoms with Gasteiger partial charge in [-0.25, -0.2) is 0 Å². The van der Waals surface area contributed by atoms with Gasteiger partial charge in [-0.3, -0.25) is 4.79 Å². The monoisotopic (exact) mass is 248 g/mol. The van der Waals surface area contributed by atoms with Crippen LogP contribution in [0.15, 0.2) is 30.3 Å². The summed E-state index contributed by atoms with van der Waals surface area (Å²) in [5.74, 6) is 0.125. The van der Waals surface area contributed by atoms with Gasteiger partial charge in [0.05, 0.1) is 0 Å². The summed E-state index contributed by atoms with van der Waals surface area (Å²) >= 11 is 0. The first-order valence-electron chi connectivity index (χ1n) is 6.80. The molecule has 0 aliphatic carbocycles. The van der Waals surface area contributed by atoms with Gasteiger partial charge < -0.3 is 10.6 Å². The first-order valence-corrected chi connectivity index (χ1v) is 6.80. The molecule has 0 aliphatic heterocycles. The minimum Gasteiger partial charge on any atom is -0.356 e. The van der Waals surface area contributed by atoms with Crippen molar-refractivity contribution in [3.05, 3.63) is 35.9 Å². The van der Waals surface area contributed by atoms with E-state index in [-0.39, 0.29) is 5.91 Å². The van der Waals surface area contributed by atoms with E-state index in [1.165, 1.54) is 5.56 Å². The zero-order chi connectivity index (χ0) is 13.2. The Kier molecular flexibility index (Phi) is 7.11. The maximum absolute atomic E-state index is 11.3. The predicted molar refractivity (Wildman–Crippen MR) is 75.5 cm³/mol. The van der Waals surface area contributed by atoms with Gasteiger partial charge in [0.1, 0.15) is 0 Å². The van der Waals surface area contributed by atoms with Crippen LogP contribution in [0.4, 0.5) is 0 Å². The average Bonchev–Trinajstić information content (AvgIpc) is 2.39. The lowest BCUT2D eigenvalue weighted by atomic mass is 10.0. The summed E-state index contributed by atoms with van der Waals surface area (Å²) in [5, 5.41) is 6.25. The second-order valence-corrected chi connectivity index (χ2v) is 4.45. The highest BCUT2D eigenvalue weighted by atomic mass is 16.1. The summed E-state index contributed by atoms with van der Waals surface area (Å²) in [4.78, 5) is 11.3. The van der Waals surface area contributed by atoms with Gasteiger partial charge in [0.15, 0.2) is 0 Å². The standard InChI is InChI=1S/C15H24N2O/c1-3-14(12-13-8-6-5-7-9-13)17-11-10-15(18)16-4-2/h5-9,14,17H,3-4,10-12H2,1-2H3,(H,16,18). The summed E-state index contributed by atoms with van der Waals surface area (Å²) in [6.07, 6.45) is 2.65. The molecule has 1 amide bonds. The number of hydrogen-bond donors (Lipinski definition) is 2. The summed E-state index contributed by atoms with van der Waals surface area (Å²) in [7, 11) is 0. The lowest BCUT2D eigenvalue weighted by molar-refractivity contribution is -0.120. The Hall–Kier alpha value is -1.35. The zero-order valence-corrected chi connectivity index (χ0v) is 11.4. The molecule has 1 aromatic carbocycles. The number of nitrogens with one attached hydrogen (secondary N) is 2. The van der Waals surface area contributed by atoms with Crippen LogP contribution in [0.1, 0.15) is 32.3 Å². The van der Waals surface area contributed by atoms with Gasteiger partial charge in [0.2, 0.25) is 5.91 Å². The second-order valence-electron chi connectivity index (χ2n) is 4.45. The van der Waals surface area contributed by atoms with E-state index in [4.69, 9.17) is 0 Å². The maximum atomic E-state index is 11.3. The van der Waals surface area contributed by atoms with E-state index in [1.807, 2.05) is 13.0 Å². The van der Waals surface area contributed by atoms with E-state index in [2.05, 4.69) is 41.8 Å². The van der Waals surface area contributed by atoms with Crippen LogP contribution in [0.25, 0.3) is 0 Å². The third-order valence-corrected chi connectivity index (χ3v) is 2.98. The van der Waals surface area contributed by atoms with Crippen molar-refractivity contribution in [1.29, 1.82) is 0 Å². The molecule has 1 unspecified atom stereocenters. The smallest absolute Gasteiger partial charge is 0.221 e. The Morgan fingerprint density at radius 1 is 1.22 bits per heavy atom. The van der Waals surface area contributed by atoms with Gasteiger partial charge >= 0.3 is 0 Å². The highest BCUT2D eigenvalue weighted by Gasteiger charge is 2.07. The Labute approximate surface area is 110 Å². The van der Waals surface area contributed by atoms with Gasteiger partial charge in [0, 0.05) is 25.6 Å². The largest absolute Gasteiger partial charge is 0.356 e. The molecular weight excluding hydrogens is 224 g/mol. The summed E-state index contributed by atoms with van der Waals surface area (Å²) < 4.78 is 0. The summed E-state index contributed by atoms with van der Waals surface area (Å²) in [5.41, 5.74) is 1.34. The molecule has 0 fully saturated rings. The maximum Gasteiger partial charge on any atom is 0.221 e. The molecule has 0 heterocycles. The minimum atomic E-state index is 0.125. The fourth-order valence-electron chi connectivity index (χ4n) is 1.93. The Morgan fingerprint density at radius 3 is 2.56 bits per heavy atom. The molecule has 0 saturated carbocycles. The van der Waals surface area contributed by atoms with Crippen LogP contribution in [0.2, 0.25) is 0 Å². The number of carbonyl (C=O) groups excluding carboxylic acids is 1. The highest BCUT2D eigenvalue weighted by molar-refractivity contribution is 5.75. The lowest BCUT2D eigenvalue weighted by Crippen LogP contribution is -2.34. The van der Waals surface area contributed by atoms with Crippen molar-refractivity contribution in [1.82, 2.24) is 10.6 Å². The second kappa shape index (κ2) is 8.70. The third kappa shape index (κ3) is 5.82. The van der Waals surface area contributed by atoms with Crippen molar-refractivity contribution in [2.24, 2.45) is 0 Å². The molecule has 0 aromatic heterocycles. The molecule has 0 bridgehead atoms. The van der Waals surface area contributed by atoms with Crippen molar-refractivity contribution >= 4 is 5.91 Å². The molecule has 18 heavy (non-hydrogen) atoms. The Bertz CT molecular complexity index is 338. The van der Waals surface area contributed by atoms with Crippen molar-refractivity contribution in [3.63, 3.8) is 0 Å². The molecule has 0 radical (unpaired) electrons. The third-order valence-electron chi connectivity index (χ3n) is 2.98. The van der Waals surface area contributed by atoms with E-state index < -0.39 is 0 Å². The van der Waals surface area contributed by atoms with Crippen LogP contribution in [-0.4, -0.2) is 25.0 Å². The van der Waals surface area contributed by atoms with Crippen LogP contribution in [0.3, 0.4) is 0 Å². The predicted octanol–water partition coefficient (Wildman–Crippen LogP) is 2.12. The molecule has 3 heteroatoms. The quantitative estimate of drug-likeness (QED) is 0.740. The van der Waals surface area contributed by atoms with Crippen LogP contribution in [0.5, 0.6) is 0 Å². The Balaban J connectivity index is 2.28. The van der Waals surface area contributed by atoms with Crippen LogP contribution < -0.4 is 10.6 Å². The van der Waals surface area contributed by atoms with E-state index in [0.29, 0.717) is 19.0 Å². The van der Waals surface area contributed by atoms with Crippen molar-refractivity contribution in [3.8, 4) is 0 Å². The van der Waals surface area contributed by atoms with Gasteiger partial charge in [0.25, 0.3) is 0 Å². The number of amides is 1. The first kappa shape index (κ1) is 14.7. The van der Waals surface area contributed by atoms with E-state index in [0.717, 1.165) is 19.4 Å². The van der Waals surface area contributed by atoms with E-state index in [9.17, 15) is 4.79 Å². The van der Waals surface area contributed by atoms with Crippen molar-refractivity contribution in [2.75, 3.05) is 13.1 Å². The normalized spacial score (nSPS) is 12.1. The molecule has 0 spiro atoms. The molecule has 1 rings (SSSR count). The average molecular weight is 248 g/mol. The fourth-order valence-corrected chi connectivity index (χ4v) is 1.93. The van der Waals surface area contributed by atoms with Gasteiger partial charge in [-0.05, 0) is 25.3 Å². The first-order chi connectivity index (χ1) is 8.76.